The molecule has 1 aromatic carbocycles. The number of pyridine rings is 1. The van der Waals surface area contributed by atoms with Gasteiger partial charge in [0.05, 0.1) is 11.9 Å². The number of piperidine rings is 1. The highest BCUT2D eigenvalue weighted by Gasteiger charge is 2.36. The summed E-state index contributed by atoms with van der Waals surface area (Å²) >= 11 is 5.94. The second-order valence-corrected chi connectivity index (χ2v) is 6.08. The van der Waals surface area contributed by atoms with E-state index in [1.165, 1.54) is 12.1 Å². The molecule has 2 unspecified atom stereocenters. The van der Waals surface area contributed by atoms with Crippen molar-refractivity contribution in [2.75, 3.05) is 18.0 Å². The number of benzene rings is 1. The van der Waals surface area contributed by atoms with Crippen molar-refractivity contribution in [1.29, 1.82) is 0 Å². The Balaban J connectivity index is 1.62. The second kappa shape index (κ2) is 4.76. The zero-order valence-electron chi connectivity index (χ0n) is 11.1. The van der Waals surface area contributed by atoms with Gasteiger partial charge in [0, 0.05) is 42.0 Å². The maximum Gasteiger partial charge on any atom is 0.0560 e. The monoisotopic (exact) mass is 285 g/mol. The smallest absolute Gasteiger partial charge is 0.0560 e. The number of piperazine rings is 1. The van der Waals surface area contributed by atoms with Crippen molar-refractivity contribution in [3.63, 3.8) is 0 Å². The molecule has 2 bridgehead atoms. The van der Waals surface area contributed by atoms with Crippen LogP contribution in [0.5, 0.6) is 0 Å². The molecule has 3 aliphatic rings. The molecule has 20 heavy (non-hydrogen) atoms. The molecular formula is C16H16ClN3. The predicted octanol–water partition coefficient (Wildman–Crippen LogP) is 2.95. The number of hydrogen-bond donors (Lipinski definition) is 1. The molecular weight excluding hydrogens is 270 g/mol. The highest BCUT2D eigenvalue weighted by atomic mass is 35.5. The van der Waals surface area contributed by atoms with Gasteiger partial charge < -0.3 is 10.2 Å². The molecule has 2 atom stereocenters. The summed E-state index contributed by atoms with van der Waals surface area (Å²) in [6.45, 7) is 2.17. The van der Waals surface area contributed by atoms with E-state index in [9.17, 15) is 0 Å². The Labute approximate surface area is 123 Å². The quantitative estimate of drug-likeness (QED) is 0.919. The van der Waals surface area contributed by atoms with Gasteiger partial charge in [-0.05, 0) is 30.2 Å². The zero-order chi connectivity index (χ0) is 13.5. The third-order valence-electron chi connectivity index (χ3n) is 4.19. The average molecular weight is 286 g/mol. The van der Waals surface area contributed by atoms with Gasteiger partial charge in [0.15, 0.2) is 0 Å². The van der Waals surface area contributed by atoms with E-state index in [-0.39, 0.29) is 0 Å². The van der Waals surface area contributed by atoms with Crippen LogP contribution in [0, 0.1) is 0 Å². The van der Waals surface area contributed by atoms with Crippen LogP contribution in [0.2, 0.25) is 5.02 Å². The van der Waals surface area contributed by atoms with Crippen molar-refractivity contribution in [3.05, 3.63) is 47.7 Å². The molecule has 4 heterocycles. The number of aromatic nitrogens is 1. The maximum absolute atomic E-state index is 5.94. The Morgan fingerprint density at radius 3 is 2.45 bits per heavy atom. The van der Waals surface area contributed by atoms with Gasteiger partial charge in [0.2, 0.25) is 0 Å². The Bertz CT molecular complexity index is 610. The SMILES string of the molecule is Clc1ccc(-c2cncc(N3CC4CC(C3)N4)c2)cc1. The van der Waals surface area contributed by atoms with E-state index in [1.54, 1.807) is 0 Å². The molecule has 102 valence electrons. The van der Waals surface area contributed by atoms with Crippen LogP contribution in [0.25, 0.3) is 11.1 Å². The summed E-state index contributed by atoms with van der Waals surface area (Å²) in [6.07, 6.45) is 5.20. The molecule has 1 N–H and O–H groups in total. The summed E-state index contributed by atoms with van der Waals surface area (Å²) in [5.41, 5.74) is 3.52. The summed E-state index contributed by atoms with van der Waals surface area (Å²) < 4.78 is 0. The molecule has 0 aliphatic carbocycles. The first kappa shape index (κ1) is 12.2. The Morgan fingerprint density at radius 1 is 1.05 bits per heavy atom. The number of nitrogens with one attached hydrogen (secondary N) is 1. The van der Waals surface area contributed by atoms with E-state index >= 15 is 0 Å². The van der Waals surface area contributed by atoms with Gasteiger partial charge in [-0.2, -0.15) is 0 Å². The van der Waals surface area contributed by atoms with Gasteiger partial charge in [-0.1, -0.05) is 23.7 Å². The lowest BCUT2D eigenvalue weighted by Crippen LogP contribution is -2.67. The minimum atomic E-state index is 0.660. The summed E-state index contributed by atoms with van der Waals surface area (Å²) in [6, 6.07) is 11.5. The third-order valence-corrected chi connectivity index (χ3v) is 4.44. The molecule has 3 nitrogen and oxygen atoms in total. The third kappa shape index (κ3) is 2.17. The number of hydrogen-bond acceptors (Lipinski definition) is 3. The second-order valence-electron chi connectivity index (χ2n) is 5.64. The van der Waals surface area contributed by atoms with Crippen LogP contribution in [-0.4, -0.2) is 30.2 Å². The zero-order valence-corrected chi connectivity index (χ0v) is 11.8. The average Bonchev–Trinajstić information content (AvgIpc) is 2.48. The number of halogens is 1. The van der Waals surface area contributed by atoms with Crippen LogP contribution < -0.4 is 10.2 Å². The number of fused-ring (bicyclic) bond motifs is 2. The van der Waals surface area contributed by atoms with E-state index in [4.69, 9.17) is 11.6 Å². The van der Waals surface area contributed by atoms with Crippen LogP contribution in [0.3, 0.4) is 0 Å². The Morgan fingerprint density at radius 2 is 1.75 bits per heavy atom. The minimum absolute atomic E-state index is 0.660. The van der Waals surface area contributed by atoms with Crippen LogP contribution in [-0.2, 0) is 0 Å². The molecule has 3 aliphatic heterocycles. The summed E-state index contributed by atoms with van der Waals surface area (Å²) in [4.78, 5) is 6.84. The van der Waals surface area contributed by atoms with Crippen molar-refractivity contribution in [2.45, 2.75) is 18.5 Å². The molecule has 4 heteroatoms. The van der Waals surface area contributed by atoms with E-state index in [1.807, 2.05) is 36.7 Å². The van der Waals surface area contributed by atoms with E-state index < -0.39 is 0 Å². The molecule has 0 spiro atoms. The molecule has 0 saturated carbocycles. The van der Waals surface area contributed by atoms with Crippen LogP contribution in [0.4, 0.5) is 5.69 Å². The molecule has 0 radical (unpaired) electrons. The van der Waals surface area contributed by atoms with Gasteiger partial charge in [-0.15, -0.1) is 0 Å². The Kier molecular flexibility index (Phi) is 2.90. The lowest BCUT2D eigenvalue weighted by atomic mass is 9.91. The van der Waals surface area contributed by atoms with Crippen molar-refractivity contribution >= 4 is 17.3 Å². The van der Waals surface area contributed by atoms with E-state index in [0.29, 0.717) is 12.1 Å². The molecule has 2 aromatic rings. The number of anilines is 1. The predicted molar refractivity (Wildman–Crippen MR) is 82.2 cm³/mol. The molecule has 0 amide bonds. The highest BCUT2D eigenvalue weighted by molar-refractivity contribution is 6.30. The van der Waals surface area contributed by atoms with Crippen molar-refractivity contribution in [1.82, 2.24) is 10.3 Å². The van der Waals surface area contributed by atoms with Gasteiger partial charge in [0.25, 0.3) is 0 Å². The van der Waals surface area contributed by atoms with Crippen LogP contribution in [0.1, 0.15) is 6.42 Å². The first-order chi connectivity index (χ1) is 9.78. The van der Waals surface area contributed by atoms with Crippen molar-refractivity contribution in [2.24, 2.45) is 0 Å². The lowest BCUT2D eigenvalue weighted by molar-refractivity contribution is 0.226. The van der Waals surface area contributed by atoms with Gasteiger partial charge in [-0.3, -0.25) is 4.98 Å². The standard InChI is InChI=1S/C16H16ClN3/c17-13-3-1-11(2-4-13)12-5-16(8-18-7-12)20-9-14-6-15(10-20)19-14/h1-5,7-8,14-15,19H,6,9-10H2. The largest absolute Gasteiger partial charge is 0.367 e. The first-order valence-electron chi connectivity index (χ1n) is 7.00. The van der Waals surface area contributed by atoms with Gasteiger partial charge in [-0.25, -0.2) is 0 Å². The fourth-order valence-electron chi connectivity index (χ4n) is 3.13. The lowest BCUT2D eigenvalue weighted by Gasteiger charge is -2.49. The summed E-state index contributed by atoms with van der Waals surface area (Å²) in [5, 5.41) is 4.32. The summed E-state index contributed by atoms with van der Waals surface area (Å²) in [5.74, 6) is 0. The normalized spacial score (nSPS) is 24.4. The molecule has 5 rings (SSSR count). The fourth-order valence-corrected chi connectivity index (χ4v) is 3.25. The molecule has 1 aromatic heterocycles. The first-order valence-corrected chi connectivity index (χ1v) is 7.38. The van der Waals surface area contributed by atoms with Gasteiger partial charge in [0.1, 0.15) is 0 Å². The fraction of sp³-hybridized carbons (Fsp3) is 0.312. The van der Waals surface area contributed by atoms with Crippen molar-refractivity contribution < 1.29 is 0 Å². The minimum Gasteiger partial charge on any atom is -0.367 e. The van der Waals surface area contributed by atoms with Crippen LogP contribution in [0.15, 0.2) is 42.7 Å². The Hall–Kier alpha value is -1.58. The number of rotatable bonds is 2. The van der Waals surface area contributed by atoms with Gasteiger partial charge >= 0.3 is 0 Å². The van der Waals surface area contributed by atoms with Crippen LogP contribution >= 0.6 is 11.6 Å². The topological polar surface area (TPSA) is 28.2 Å². The molecule has 3 saturated heterocycles. The number of nitrogens with zero attached hydrogens (tertiary/aromatic N) is 2. The van der Waals surface area contributed by atoms with E-state index in [2.05, 4.69) is 21.3 Å². The van der Waals surface area contributed by atoms with E-state index in [0.717, 1.165) is 29.2 Å². The highest BCUT2D eigenvalue weighted by Crippen LogP contribution is 2.29. The maximum atomic E-state index is 5.94. The van der Waals surface area contributed by atoms with Crippen molar-refractivity contribution in [3.8, 4) is 11.1 Å². The summed E-state index contributed by atoms with van der Waals surface area (Å²) in [7, 11) is 0. The molecule has 3 fully saturated rings.